The molecule has 1 aromatic rings. The summed E-state index contributed by atoms with van der Waals surface area (Å²) < 4.78 is 37.8. The van der Waals surface area contributed by atoms with Crippen molar-refractivity contribution in [3.05, 3.63) is 29.3 Å². The second-order valence-electron chi connectivity index (χ2n) is 4.66. The Morgan fingerprint density at radius 2 is 1.89 bits per heavy atom. The number of piperazine rings is 1. The SMILES string of the molecule is Cc1ccc(N2CCNCC2)c(CC(F)(F)F)c1. The van der Waals surface area contributed by atoms with Crippen molar-refractivity contribution >= 4 is 5.69 Å². The van der Waals surface area contributed by atoms with Crippen LogP contribution in [0, 0.1) is 6.92 Å². The molecule has 18 heavy (non-hydrogen) atoms. The van der Waals surface area contributed by atoms with Gasteiger partial charge >= 0.3 is 6.18 Å². The lowest BCUT2D eigenvalue weighted by Gasteiger charge is -2.31. The number of hydrogen-bond donors (Lipinski definition) is 1. The highest BCUT2D eigenvalue weighted by Crippen LogP contribution is 2.29. The highest BCUT2D eigenvalue weighted by atomic mass is 19.4. The lowest BCUT2D eigenvalue weighted by molar-refractivity contribution is -0.127. The molecule has 1 fully saturated rings. The molecular weight excluding hydrogens is 241 g/mol. The van der Waals surface area contributed by atoms with Crippen molar-refractivity contribution in [1.29, 1.82) is 0 Å². The van der Waals surface area contributed by atoms with Crippen molar-refractivity contribution in [2.75, 3.05) is 31.1 Å². The fourth-order valence-corrected chi connectivity index (χ4v) is 2.29. The smallest absolute Gasteiger partial charge is 0.369 e. The van der Waals surface area contributed by atoms with Gasteiger partial charge in [0.25, 0.3) is 0 Å². The Bertz CT molecular complexity index is 409. The van der Waals surface area contributed by atoms with E-state index in [9.17, 15) is 13.2 Å². The quantitative estimate of drug-likeness (QED) is 0.877. The van der Waals surface area contributed by atoms with Gasteiger partial charge in [0.05, 0.1) is 6.42 Å². The number of nitrogens with zero attached hydrogens (tertiary/aromatic N) is 1. The van der Waals surface area contributed by atoms with E-state index in [-0.39, 0.29) is 0 Å². The number of aryl methyl sites for hydroxylation is 1. The minimum Gasteiger partial charge on any atom is -0.369 e. The van der Waals surface area contributed by atoms with Crippen LogP contribution in [0.2, 0.25) is 0 Å². The summed E-state index contributed by atoms with van der Waals surface area (Å²) in [5, 5.41) is 3.20. The fourth-order valence-electron chi connectivity index (χ4n) is 2.29. The topological polar surface area (TPSA) is 15.3 Å². The van der Waals surface area contributed by atoms with E-state index in [4.69, 9.17) is 0 Å². The van der Waals surface area contributed by atoms with Crippen LogP contribution in [0.5, 0.6) is 0 Å². The first-order valence-electron chi connectivity index (χ1n) is 6.08. The van der Waals surface area contributed by atoms with Crippen LogP contribution in [0.25, 0.3) is 0 Å². The summed E-state index contributed by atoms with van der Waals surface area (Å²) in [7, 11) is 0. The Hall–Kier alpha value is -1.23. The molecule has 0 saturated carbocycles. The van der Waals surface area contributed by atoms with Crippen LogP contribution in [-0.2, 0) is 6.42 Å². The van der Waals surface area contributed by atoms with E-state index in [1.165, 1.54) is 0 Å². The number of benzene rings is 1. The van der Waals surface area contributed by atoms with Crippen LogP contribution in [0.15, 0.2) is 18.2 Å². The third-order valence-electron chi connectivity index (χ3n) is 3.08. The standard InChI is InChI=1S/C13H17F3N2/c1-10-2-3-12(18-6-4-17-5-7-18)11(8-10)9-13(14,15)16/h2-3,8,17H,4-7,9H2,1H3. The average molecular weight is 258 g/mol. The maximum atomic E-state index is 12.6. The van der Waals surface area contributed by atoms with Gasteiger partial charge in [0.2, 0.25) is 0 Å². The molecule has 100 valence electrons. The summed E-state index contributed by atoms with van der Waals surface area (Å²) in [6, 6.07) is 5.32. The number of halogens is 3. The summed E-state index contributed by atoms with van der Waals surface area (Å²) in [5.41, 5.74) is 1.97. The Kier molecular flexibility index (Phi) is 3.80. The lowest BCUT2D eigenvalue weighted by atomic mass is 10.0. The van der Waals surface area contributed by atoms with Crippen LogP contribution in [0.1, 0.15) is 11.1 Å². The Morgan fingerprint density at radius 3 is 2.50 bits per heavy atom. The third-order valence-corrected chi connectivity index (χ3v) is 3.08. The van der Waals surface area contributed by atoms with E-state index in [1.807, 2.05) is 24.0 Å². The molecule has 1 N–H and O–H groups in total. The molecule has 0 bridgehead atoms. The Balaban J connectivity index is 2.27. The predicted octanol–water partition coefficient (Wildman–Crippen LogP) is 2.51. The van der Waals surface area contributed by atoms with Crippen molar-refractivity contribution in [2.24, 2.45) is 0 Å². The molecule has 2 nitrogen and oxygen atoms in total. The van der Waals surface area contributed by atoms with Gasteiger partial charge in [0.1, 0.15) is 0 Å². The molecule has 1 aromatic carbocycles. The zero-order valence-electron chi connectivity index (χ0n) is 10.3. The maximum Gasteiger partial charge on any atom is 0.393 e. The van der Waals surface area contributed by atoms with E-state index in [0.717, 1.165) is 37.4 Å². The number of nitrogens with one attached hydrogen (secondary N) is 1. The van der Waals surface area contributed by atoms with Crippen molar-refractivity contribution in [1.82, 2.24) is 5.32 Å². The molecule has 0 amide bonds. The molecule has 5 heteroatoms. The molecule has 1 saturated heterocycles. The van der Waals surface area contributed by atoms with Gasteiger partial charge in [-0.2, -0.15) is 13.2 Å². The first-order chi connectivity index (χ1) is 8.46. The monoisotopic (exact) mass is 258 g/mol. The largest absolute Gasteiger partial charge is 0.393 e. The molecule has 0 aromatic heterocycles. The molecule has 0 atom stereocenters. The molecule has 1 aliphatic heterocycles. The fraction of sp³-hybridized carbons (Fsp3) is 0.538. The van der Waals surface area contributed by atoms with Crippen molar-refractivity contribution in [3.8, 4) is 0 Å². The highest BCUT2D eigenvalue weighted by Gasteiger charge is 2.30. The van der Waals surface area contributed by atoms with Gasteiger partial charge in [0, 0.05) is 31.9 Å². The van der Waals surface area contributed by atoms with Crippen molar-refractivity contribution < 1.29 is 13.2 Å². The zero-order valence-corrected chi connectivity index (χ0v) is 10.3. The van der Waals surface area contributed by atoms with Gasteiger partial charge in [0.15, 0.2) is 0 Å². The minimum absolute atomic E-state index is 0.379. The summed E-state index contributed by atoms with van der Waals surface area (Å²) >= 11 is 0. The summed E-state index contributed by atoms with van der Waals surface area (Å²) in [6.45, 7) is 4.97. The molecule has 0 aliphatic carbocycles. The molecule has 0 spiro atoms. The van der Waals surface area contributed by atoms with E-state index in [0.29, 0.717) is 5.56 Å². The minimum atomic E-state index is -4.16. The van der Waals surface area contributed by atoms with Crippen LogP contribution in [-0.4, -0.2) is 32.4 Å². The number of hydrogen-bond acceptors (Lipinski definition) is 2. The summed E-state index contributed by atoms with van der Waals surface area (Å²) in [5.74, 6) is 0. The summed E-state index contributed by atoms with van der Waals surface area (Å²) in [6.07, 6.45) is -5.01. The number of anilines is 1. The second-order valence-corrected chi connectivity index (χ2v) is 4.66. The van der Waals surface area contributed by atoms with Gasteiger partial charge in [-0.25, -0.2) is 0 Å². The van der Waals surface area contributed by atoms with E-state index >= 15 is 0 Å². The predicted molar refractivity (Wildman–Crippen MR) is 66.0 cm³/mol. The normalized spacial score (nSPS) is 17.0. The third kappa shape index (κ3) is 3.38. The first kappa shape index (κ1) is 13.2. The Morgan fingerprint density at radius 1 is 1.22 bits per heavy atom. The molecule has 1 heterocycles. The molecular formula is C13H17F3N2. The molecule has 2 rings (SSSR count). The van der Waals surface area contributed by atoms with E-state index < -0.39 is 12.6 Å². The zero-order chi connectivity index (χ0) is 13.2. The Labute approximate surface area is 105 Å². The molecule has 1 aliphatic rings. The van der Waals surface area contributed by atoms with E-state index in [2.05, 4.69) is 5.32 Å². The first-order valence-corrected chi connectivity index (χ1v) is 6.08. The average Bonchev–Trinajstić information content (AvgIpc) is 2.28. The van der Waals surface area contributed by atoms with Crippen molar-refractivity contribution in [2.45, 2.75) is 19.5 Å². The maximum absolute atomic E-state index is 12.6. The van der Waals surface area contributed by atoms with Gasteiger partial charge in [-0.15, -0.1) is 0 Å². The van der Waals surface area contributed by atoms with Gasteiger partial charge in [-0.05, 0) is 18.6 Å². The molecule has 0 radical (unpaired) electrons. The number of rotatable bonds is 2. The molecule has 0 unspecified atom stereocenters. The number of alkyl halides is 3. The van der Waals surface area contributed by atoms with Gasteiger partial charge in [-0.3, -0.25) is 0 Å². The van der Waals surface area contributed by atoms with Crippen LogP contribution >= 0.6 is 0 Å². The second kappa shape index (κ2) is 5.18. The van der Waals surface area contributed by atoms with Gasteiger partial charge in [-0.1, -0.05) is 17.7 Å². The lowest BCUT2D eigenvalue weighted by Crippen LogP contribution is -2.44. The van der Waals surface area contributed by atoms with Crippen LogP contribution < -0.4 is 10.2 Å². The van der Waals surface area contributed by atoms with Crippen LogP contribution in [0.4, 0.5) is 18.9 Å². The van der Waals surface area contributed by atoms with E-state index in [1.54, 1.807) is 6.07 Å². The summed E-state index contributed by atoms with van der Waals surface area (Å²) in [4.78, 5) is 2.02. The van der Waals surface area contributed by atoms with Crippen molar-refractivity contribution in [3.63, 3.8) is 0 Å². The van der Waals surface area contributed by atoms with Crippen LogP contribution in [0.3, 0.4) is 0 Å². The highest BCUT2D eigenvalue weighted by molar-refractivity contribution is 5.55. The van der Waals surface area contributed by atoms with Gasteiger partial charge < -0.3 is 10.2 Å².